The number of benzene rings is 1. The number of thiophene rings is 1. The van der Waals surface area contributed by atoms with E-state index >= 15 is 0 Å². The maximum absolute atomic E-state index is 12.9. The van der Waals surface area contributed by atoms with Crippen LogP contribution in [-0.2, 0) is 16.1 Å². The van der Waals surface area contributed by atoms with Crippen molar-refractivity contribution in [2.75, 3.05) is 36.1 Å². The Morgan fingerprint density at radius 1 is 1.20 bits per heavy atom. The molecule has 0 spiro atoms. The van der Waals surface area contributed by atoms with Crippen LogP contribution in [0.1, 0.15) is 37.0 Å². The summed E-state index contributed by atoms with van der Waals surface area (Å²) in [5, 5.41) is 4.88. The number of rotatable bonds is 10. The zero-order valence-electron chi connectivity index (χ0n) is 19.9. The third kappa shape index (κ3) is 5.80. The standard InChI is InChI=1S/C24H29N5O5S/c1-4-6-12-29-20(25)19(21(31)27-24(29)33)28(3)13-17(30)26-22-18(23(32)34-5-2)16(14-35-22)15-10-8-7-9-11-15/h7-11,14H,4-6,12-13,25H2,1-3H3,(H,26,30)(H,27,31,33). The average molecular weight is 500 g/mol. The summed E-state index contributed by atoms with van der Waals surface area (Å²) in [5.74, 6) is -1.01. The minimum Gasteiger partial charge on any atom is -0.462 e. The quantitative estimate of drug-likeness (QED) is 0.364. The molecule has 10 nitrogen and oxygen atoms in total. The van der Waals surface area contributed by atoms with Crippen LogP contribution in [0.25, 0.3) is 11.1 Å². The minimum atomic E-state index is -0.676. The van der Waals surface area contributed by atoms with Crippen molar-refractivity contribution in [1.82, 2.24) is 9.55 Å². The highest BCUT2D eigenvalue weighted by Crippen LogP contribution is 2.36. The van der Waals surface area contributed by atoms with Gasteiger partial charge in [0.05, 0.1) is 13.2 Å². The summed E-state index contributed by atoms with van der Waals surface area (Å²) in [5.41, 5.74) is 6.63. The Morgan fingerprint density at radius 3 is 2.57 bits per heavy atom. The van der Waals surface area contributed by atoms with Gasteiger partial charge in [0.2, 0.25) is 5.91 Å². The van der Waals surface area contributed by atoms with E-state index in [0.29, 0.717) is 23.5 Å². The summed E-state index contributed by atoms with van der Waals surface area (Å²) < 4.78 is 6.51. The Labute approximate surface area is 206 Å². The summed E-state index contributed by atoms with van der Waals surface area (Å²) in [6.07, 6.45) is 1.55. The number of ether oxygens (including phenoxy) is 1. The Balaban J connectivity index is 1.86. The number of hydrogen-bond donors (Lipinski definition) is 3. The Hall–Kier alpha value is -3.86. The molecule has 1 amide bonds. The smallest absolute Gasteiger partial charge is 0.341 e. The molecule has 186 valence electrons. The number of carbonyl (C=O) groups excluding carboxylic acids is 2. The van der Waals surface area contributed by atoms with Crippen LogP contribution in [0.3, 0.4) is 0 Å². The SMILES string of the molecule is CCCCn1c(N)c(N(C)CC(=O)Nc2scc(-c3ccccc3)c2C(=O)OCC)c(=O)[nH]c1=O. The number of nitrogens with zero attached hydrogens (tertiary/aromatic N) is 2. The normalized spacial score (nSPS) is 10.7. The molecule has 3 rings (SSSR count). The van der Waals surface area contributed by atoms with E-state index < -0.39 is 23.1 Å². The van der Waals surface area contributed by atoms with E-state index in [1.807, 2.05) is 37.3 Å². The van der Waals surface area contributed by atoms with Gasteiger partial charge in [-0.15, -0.1) is 11.3 Å². The molecule has 3 aromatic rings. The van der Waals surface area contributed by atoms with Crippen LogP contribution in [0.2, 0.25) is 0 Å². The Bertz CT molecular complexity index is 1310. The van der Waals surface area contributed by atoms with Crippen molar-refractivity contribution in [2.24, 2.45) is 0 Å². The van der Waals surface area contributed by atoms with Gasteiger partial charge in [-0.05, 0) is 18.9 Å². The molecular weight excluding hydrogens is 470 g/mol. The molecule has 0 bridgehead atoms. The first-order valence-corrected chi connectivity index (χ1v) is 12.1. The van der Waals surface area contributed by atoms with Crippen LogP contribution in [0, 0.1) is 0 Å². The number of esters is 1. The minimum absolute atomic E-state index is 0.00259. The number of amides is 1. The fraction of sp³-hybridized carbons (Fsp3) is 0.333. The first-order valence-electron chi connectivity index (χ1n) is 11.3. The molecule has 0 atom stereocenters. The molecule has 0 saturated heterocycles. The van der Waals surface area contributed by atoms with E-state index in [2.05, 4.69) is 10.3 Å². The van der Waals surface area contributed by atoms with Gasteiger partial charge < -0.3 is 20.7 Å². The summed E-state index contributed by atoms with van der Waals surface area (Å²) >= 11 is 1.21. The molecule has 4 N–H and O–H groups in total. The maximum atomic E-state index is 12.9. The van der Waals surface area contributed by atoms with Gasteiger partial charge in [-0.3, -0.25) is 19.1 Å². The number of likely N-dealkylation sites (N-methyl/N-ethyl adjacent to an activating group) is 1. The molecule has 0 aliphatic rings. The van der Waals surface area contributed by atoms with Crippen LogP contribution in [0.4, 0.5) is 16.5 Å². The monoisotopic (exact) mass is 499 g/mol. The lowest BCUT2D eigenvalue weighted by atomic mass is 10.0. The van der Waals surface area contributed by atoms with Gasteiger partial charge in [-0.25, -0.2) is 9.59 Å². The highest BCUT2D eigenvalue weighted by atomic mass is 32.1. The predicted molar refractivity (Wildman–Crippen MR) is 138 cm³/mol. The van der Waals surface area contributed by atoms with Gasteiger partial charge in [0.25, 0.3) is 5.56 Å². The van der Waals surface area contributed by atoms with Crippen molar-refractivity contribution in [3.8, 4) is 11.1 Å². The number of aromatic nitrogens is 2. The molecule has 0 aliphatic carbocycles. The van der Waals surface area contributed by atoms with Crippen LogP contribution >= 0.6 is 11.3 Å². The number of nitrogens with two attached hydrogens (primary N) is 1. The second-order valence-corrected chi connectivity index (χ2v) is 8.72. The molecule has 0 saturated carbocycles. The highest BCUT2D eigenvalue weighted by molar-refractivity contribution is 7.15. The number of anilines is 3. The van der Waals surface area contributed by atoms with Crippen molar-refractivity contribution >= 4 is 39.7 Å². The van der Waals surface area contributed by atoms with Crippen molar-refractivity contribution in [3.05, 3.63) is 62.1 Å². The fourth-order valence-electron chi connectivity index (χ4n) is 3.63. The molecular formula is C24H29N5O5S. The van der Waals surface area contributed by atoms with Crippen LogP contribution in [-0.4, -0.2) is 41.6 Å². The van der Waals surface area contributed by atoms with E-state index in [4.69, 9.17) is 10.5 Å². The molecule has 0 radical (unpaired) electrons. The molecule has 1 aromatic carbocycles. The van der Waals surface area contributed by atoms with Gasteiger partial charge in [0, 0.05) is 24.5 Å². The second kappa shape index (κ2) is 11.5. The average Bonchev–Trinajstić information content (AvgIpc) is 3.22. The van der Waals surface area contributed by atoms with Crippen molar-refractivity contribution < 1.29 is 14.3 Å². The van der Waals surface area contributed by atoms with Crippen molar-refractivity contribution in [2.45, 2.75) is 33.2 Å². The van der Waals surface area contributed by atoms with E-state index in [1.165, 1.54) is 27.9 Å². The van der Waals surface area contributed by atoms with Crippen molar-refractivity contribution in [3.63, 3.8) is 0 Å². The third-order valence-electron chi connectivity index (χ3n) is 5.32. The lowest BCUT2D eigenvalue weighted by Gasteiger charge is -2.21. The summed E-state index contributed by atoms with van der Waals surface area (Å²) in [6.45, 7) is 3.99. The topological polar surface area (TPSA) is 140 Å². The highest BCUT2D eigenvalue weighted by Gasteiger charge is 2.24. The summed E-state index contributed by atoms with van der Waals surface area (Å²) in [7, 11) is 1.53. The van der Waals surface area contributed by atoms with E-state index in [-0.39, 0.29) is 30.2 Å². The molecule has 11 heteroatoms. The van der Waals surface area contributed by atoms with Gasteiger partial charge in [-0.2, -0.15) is 0 Å². The number of H-pyrrole nitrogens is 1. The van der Waals surface area contributed by atoms with Crippen LogP contribution in [0.15, 0.2) is 45.3 Å². The van der Waals surface area contributed by atoms with Gasteiger partial charge in [0.15, 0.2) is 0 Å². The zero-order valence-corrected chi connectivity index (χ0v) is 20.7. The Morgan fingerprint density at radius 2 is 1.91 bits per heavy atom. The second-order valence-electron chi connectivity index (χ2n) is 7.84. The lowest BCUT2D eigenvalue weighted by molar-refractivity contribution is -0.114. The number of unbranched alkanes of at least 4 members (excludes halogenated alkanes) is 1. The first kappa shape index (κ1) is 25.8. The van der Waals surface area contributed by atoms with Crippen LogP contribution < -0.4 is 27.2 Å². The van der Waals surface area contributed by atoms with Crippen LogP contribution in [0.5, 0.6) is 0 Å². The number of aromatic amines is 1. The molecule has 2 heterocycles. The maximum Gasteiger partial charge on any atom is 0.341 e. The van der Waals surface area contributed by atoms with E-state index in [0.717, 1.165) is 12.0 Å². The lowest BCUT2D eigenvalue weighted by Crippen LogP contribution is -2.39. The predicted octanol–water partition coefficient (Wildman–Crippen LogP) is 2.90. The third-order valence-corrected chi connectivity index (χ3v) is 6.22. The molecule has 2 aromatic heterocycles. The Kier molecular flexibility index (Phi) is 8.48. The first-order chi connectivity index (χ1) is 16.8. The summed E-state index contributed by atoms with van der Waals surface area (Å²) in [4.78, 5) is 53.9. The molecule has 0 aliphatic heterocycles. The molecule has 35 heavy (non-hydrogen) atoms. The van der Waals surface area contributed by atoms with Gasteiger partial charge in [-0.1, -0.05) is 43.7 Å². The van der Waals surface area contributed by atoms with Crippen molar-refractivity contribution in [1.29, 1.82) is 0 Å². The number of hydrogen-bond acceptors (Lipinski definition) is 8. The number of carbonyl (C=O) groups is 2. The largest absolute Gasteiger partial charge is 0.462 e. The van der Waals surface area contributed by atoms with Gasteiger partial charge in [0.1, 0.15) is 22.1 Å². The van der Waals surface area contributed by atoms with Gasteiger partial charge >= 0.3 is 11.7 Å². The zero-order chi connectivity index (χ0) is 25.5. The fourth-order valence-corrected chi connectivity index (χ4v) is 4.60. The number of nitrogen functional groups attached to an aromatic ring is 1. The number of nitrogens with one attached hydrogen (secondary N) is 2. The summed E-state index contributed by atoms with van der Waals surface area (Å²) in [6, 6.07) is 9.32. The molecule has 0 unspecified atom stereocenters. The van der Waals surface area contributed by atoms with E-state index in [1.54, 1.807) is 12.3 Å². The van der Waals surface area contributed by atoms with E-state index in [9.17, 15) is 19.2 Å². The molecule has 0 fully saturated rings.